The first-order valence-corrected chi connectivity index (χ1v) is 11.6. The molecule has 1 amide bonds. The first-order chi connectivity index (χ1) is 17.3. The van der Waals surface area contributed by atoms with E-state index < -0.39 is 23.8 Å². The molecule has 6 N–H and O–H groups in total. The highest BCUT2D eigenvalue weighted by atomic mass is 16.5. The number of fused-ring (bicyclic) bond motifs is 1. The summed E-state index contributed by atoms with van der Waals surface area (Å²) in [6, 6.07) is 21.3. The van der Waals surface area contributed by atoms with E-state index in [-0.39, 0.29) is 12.5 Å². The van der Waals surface area contributed by atoms with Gasteiger partial charge >= 0.3 is 5.97 Å². The minimum absolute atomic E-state index is 0.0671. The summed E-state index contributed by atoms with van der Waals surface area (Å²) in [6.07, 6.45) is 0. The zero-order valence-electron chi connectivity index (χ0n) is 20.1. The van der Waals surface area contributed by atoms with Crippen molar-refractivity contribution in [2.24, 2.45) is 22.4 Å². The van der Waals surface area contributed by atoms with Crippen LogP contribution in [0.5, 0.6) is 5.88 Å². The van der Waals surface area contributed by atoms with Gasteiger partial charge in [-0.15, -0.1) is 0 Å². The molecule has 0 saturated carbocycles. The van der Waals surface area contributed by atoms with Gasteiger partial charge in [0.05, 0.1) is 35.1 Å². The van der Waals surface area contributed by atoms with Crippen molar-refractivity contribution in [3.63, 3.8) is 0 Å². The molecule has 1 heterocycles. The number of carbonyl (C=O) groups is 2. The number of esters is 1. The van der Waals surface area contributed by atoms with Crippen LogP contribution in [0.25, 0.3) is 10.9 Å². The summed E-state index contributed by atoms with van der Waals surface area (Å²) >= 11 is 0. The van der Waals surface area contributed by atoms with Crippen molar-refractivity contribution in [2.75, 3.05) is 6.61 Å². The number of amides is 1. The van der Waals surface area contributed by atoms with E-state index in [9.17, 15) is 14.7 Å². The van der Waals surface area contributed by atoms with E-state index in [2.05, 4.69) is 4.98 Å². The van der Waals surface area contributed by atoms with Gasteiger partial charge in [0.15, 0.2) is 5.88 Å². The second kappa shape index (κ2) is 10.5. The molecule has 0 radical (unpaired) electrons. The van der Waals surface area contributed by atoms with Gasteiger partial charge in [-0.3, -0.25) is 4.79 Å². The summed E-state index contributed by atoms with van der Waals surface area (Å²) < 4.78 is 5.09. The lowest BCUT2D eigenvalue weighted by Crippen LogP contribution is -2.30. The summed E-state index contributed by atoms with van der Waals surface area (Å²) in [7, 11) is 0. The number of hydrogen-bond acceptors (Lipinski definition) is 6. The molecule has 4 rings (SSSR count). The molecule has 0 bridgehead atoms. The second-order valence-corrected chi connectivity index (χ2v) is 8.46. The van der Waals surface area contributed by atoms with Crippen LogP contribution in [0.15, 0.2) is 77.8 Å². The number of carbonyl (C=O) groups excluding carboxylic acids is 2. The molecule has 8 heteroatoms. The number of benzene rings is 3. The highest BCUT2D eigenvalue weighted by molar-refractivity contribution is 6.22. The number of aliphatic imine (C=N–C) groups is 1. The van der Waals surface area contributed by atoms with Crippen molar-refractivity contribution in [2.45, 2.75) is 19.9 Å². The Morgan fingerprint density at radius 2 is 1.72 bits per heavy atom. The molecule has 0 saturated heterocycles. The monoisotopic (exact) mass is 484 g/mol. The zero-order chi connectivity index (χ0) is 25.8. The van der Waals surface area contributed by atoms with E-state index in [1.54, 1.807) is 44.2 Å². The fraction of sp³-hybridized carbons (Fsp3) is 0.179. The van der Waals surface area contributed by atoms with Crippen LogP contribution < -0.4 is 11.5 Å². The van der Waals surface area contributed by atoms with Crippen molar-refractivity contribution < 1.29 is 19.4 Å². The number of hydrogen-bond donors (Lipinski definition) is 4. The lowest BCUT2D eigenvalue weighted by Gasteiger charge is -2.17. The standard InChI is InChI=1S/C28H28N4O4/c1-3-36-28(35)19-11-14-21-22(15-19)32-27(34)23(21)25(18-7-5-4-6-8-18)31-20-12-9-17(10-13-20)24(29)16(2)26(30)33/h4-16,24,32,34H,3,29H2,1-2H3,(H2,30,33). The van der Waals surface area contributed by atoms with Crippen LogP contribution in [0.2, 0.25) is 0 Å². The second-order valence-electron chi connectivity index (χ2n) is 8.46. The molecule has 36 heavy (non-hydrogen) atoms. The van der Waals surface area contributed by atoms with Gasteiger partial charge in [-0.2, -0.15) is 0 Å². The Kier molecular flexibility index (Phi) is 7.17. The van der Waals surface area contributed by atoms with Gasteiger partial charge in [0, 0.05) is 22.5 Å². The van der Waals surface area contributed by atoms with Gasteiger partial charge in [0.2, 0.25) is 5.91 Å². The average Bonchev–Trinajstić information content (AvgIpc) is 3.22. The molecule has 184 valence electrons. The fourth-order valence-electron chi connectivity index (χ4n) is 3.99. The summed E-state index contributed by atoms with van der Waals surface area (Å²) in [5, 5.41) is 11.6. The van der Waals surface area contributed by atoms with Crippen LogP contribution in [0.1, 0.15) is 46.9 Å². The minimum Gasteiger partial charge on any atom is -0.494 e. The number of ether oxygens (including phenoxy) is 1. The third kappa shape index (κ3) is 4.99. The van der Waals surface area contributed by atoms with Crippen molar-refractivity contribution in [3.8, 4) is 5.88 Å². The topological polar surface area (TPSA) is 144 Å². The van der Waals surface area contributed by atoms with Crippen molar-refractivity contribution >= 4 is 34.2 Å². The molecular weight excluding hydrogens is 456 g/mol. The summed E-state index contributed by atoms with van der Waals surface area (Å²) in [5.74, 6) is -1.47. The number of primary amides is 1. The Labute approximate surface area is 208 Å². The first kappa shape index (κ1) is 24.7. The van der Waals surface area contributed by atoms with E-state index in [4.69, 9.17) is 21.2 Å². The summed E-state index contributed by atoms with van der Waals surface area (Å²) in [6.45, 7) is 3.71. The number of H-pyrrole nitrogens is 1. The number of rotatable bonds is 8. The third-order valence-electron chi connectivity index (χ3n) is 6.08. The smallest absolute Gasteiger partial charge is 0.338 e. The van der Waals surface area contributed by atoms with E-state index in [1.165, 1.54) is 0 Å². The van der Waals surface area contributed by atoms with E-state index in [1.807, 2.05) is 42.5 Å². The van der Waals surface area contributed by atoms with Crippen LogP contribution in [0, 0.1) is 5.92 Å². The quantitative estimate of drug-likeness (QED) is 0.217. The lowest BCUT2D eigenvalue weighted by molar-refractivity contribution is -0.121. The van der Waals surface area contributed by atoms with Crippen LogP contribution in [0.4, 0.5) is 5.69 Å². The molecule has 0 aliphatic heterocycles. The SMILES string of the molecule is CCOC(=O)c1ccc2c(C(=Nc3ccc(C(N)C(C)C(N)=O)cc3)c3ccccc3)c(O)[nH]c2c1. The van der Waals surface area contributed by atoms with Crippen molar-refractivity contribution in [1.82, 2.24) is 4.98 Å². The molecule has 1 aromatic heterocycles. The Balaban J connectivity index is 1.80. The highest BCUT2D eigenvalue weighted by Crippen LogP contribution is 2.32. The average molecular weight is 485 g/mol. The Morgan fingerprint density at radius 3 is 2.36 bits per heavy atom. The third-order valence-corrected chi connectivity index (χ3v) is 6.08. The van der Waals surface area contributed by atoms with Gasteiger partial charge in [-0.05, 0) is 36.8 Å². The van der Waals surface area contributed by atoms with E-state index >= 15 is 0 Å². The first-order valence-electron chi connectivity index (χ1n) is 11.6. The highest BCUT2D eigenvalue weighted by Gasteiger charge is 2.21. The largest absolute Gasteiger partial charge is 0.494 e. The lowest BCUT2D eigenvalue weighted by atomic mass is 9.95. The Bertz CT molecular complexity index is 1430. The molecule has 0 aliphatic rings. The summed E-state index contributed by atoms with van der Waals surface area (Å²) in [4.78, 5) is 31.5. The normalized spacial score (nSPS) is 13.4. The molecule has 0 aliphatic carbocycles. The predicted molar refractivity (Wildman–Crippen MR) is 139 cm³/mol. The van der Waals surface area contributed by atoms with Crippen molar-refractivity contribution in [1.29, 1.82) is 0 Å². The number of nitrogens with one attached hydrogen (secondary N) is 1. The maximum absolute atomic E-state index is 12.2. The van der Waals surface area contributed by atoms with Gasteiger partial charge in [0.25, 0.3) is 0 Å². The van der Waals surface area contributed by atoms with Gasteiger partial charge in [-0.1, -0.05) is 55.5 Å². The molecular formula is C28H28N4O4. The molecule has 0 fully saturated rings. The number of aromatic hydroxyl groups is 1. The molecule has 2 atom stereocenters. The van der Waals surface area contributed by atoms with Gasteiger partial charge in [0.1, 0.15) is 0 Å². The number of aromatic nitrogens is 1. The van der Waals surface area contributed by atoms with Crippen molar-refractivity contribution in [3.05, 3.63) is 95.1 Å². The van der Waals surface area contributed by atoms with Crippen LogP contribution in [-0.4, -0.2) is 34.3 Å². The zero-order valence-corrected chi connectivity index (χ0v) is 20.1. The van der Waals surface area contributed by atoms with E-state index in [0.29, 0.717) is 33.4 Å². The Morgan fingerprint density at radius 1 is 1.03 bits per heavy atom. The predicted octanol–water partition coefficient (Wildman–Crippen LogP) is 4.34. The Hall–Kier alpha value is -4.43. The number of aromatic amines is 1. The molecule has 8 nitrogen and oxygen atoms in total. The van der Waals surface area contributed by atoms with Crippen LogP contribution in [-0.2, 0) is 9.53 Å². The summed E-state index contributed by atoms with van der Waals surface area (Å²) in [5.41, 5.74) is 15.8. The number of nitrogens with two attached hydrogens (primary N) is 2. The minimum atomic E-state index is -0.527. The van der Waals surface area contributed by atoms with Gasteiger partial charge < -0.3 is 26.3 Å². The maximum atomic E-state index is 12.2. The molecule has 2 unspecified atom stereocenters. The molecule has 4 aromatic rings. The van der Waals surface area contributed by atoms with E-state index in [0.717, 1.165) is 11.1 Å². The van der Waals surface area contributed by atoms with Crippen LogP contribution in [0.3, 0.4) is 0 Å². The molecule has 3 aromatic carbocycles. The number of nitrogens with zero attached hydrogens (tertiary/aromatic N) is 1. The maximum Gasteiger partial charge on any atom is 0.338 e. The molecule has 0 spiro atoms. The van der Waals surface area contributed by atoms with Crippen LogP contribution >= 0.6 is 0 Å². The fourth-order valence-corrected chi connectivity index (χ4v) is 3.99. The van der Waals surface area contributed by atoms with Gasteiger partial charge in [-0.25, -0.2) is 9.79 Å².